The molecule has 0 saturated carbocycles. The summed E-state index contributed by atoms with van der Waals surface area (Å²) in [4.78, 5) is 3.38. The van der Waals surface area contributed by atoms with E-state index in [9.17, 15) is 4.39 Å². The standard InChI is InChI=1S/C9H6Cl2FN/c10-4-2-1-3-7-5-9(12)13-6-8(7)11/h5-6H,2,4H2. The Balaban J connectivity index is 2.89. The summed E-state index contributed by atoms with van der Waals surface area (Å²) < 4.78 is 12.6. The summed E-state index contributed by atoms with van der Waals surface area (Å²) in [5.74, 6) is 5.34. The predicted octanol–water partition coefficient (Wildman–Crippen LogP) is 2.85. The molecule has 0 aliphatic heterocycles. The molecule has 1 heterocycles. The van der Waals surface area contributed by atoms with Crippen LogP contribution in [-0.4, -0.2) is 10.9 Å². The van der Waals surface area contributed by atoms with Gasteiger partial charge in [0.1, 0.15) is 0 Å². The molecule has 0 unspecified atom stereocenters. The molecule has 0 aliphatic carbocycles. The molecule has 1 aromatic rings. The Kier molecular flexibility index (Phi) is 4.01. The Morgan fingerprint density at radius 3 is 3.00 bits per heavy atom. The van der Waals surface area contributed by atoms with Gasteiger partial charge in [0.25, 0.3) is 0 Å². The van der Waals surface area contributed by atoms with Gasteiger partial charge in [-0.15, -0.1) is 11.6 Å². The van der Waals surface area contributed by atoms with Gasteiger partial charge >= 0.3 is 0 Å². The monoisotopic (exact) mass is 217 g/mol. The van der Waals surface area contributed by atoms with Crippen molar-refractivity contribution >= 4 is 23.2 Å². The molecule has 0 saturated heterocycles. The molecule has 0 bridgehead atoms. The molecule has 1 nitrogen and oxygen atoms in total. The zero-order valence-corrected chi connectivity index (χ0v) is 8.16. The minimum Gasteiger partial charge on any atom is -0.227 e. The molecule has 0 fully saturated rings. The normalized spacial score (nSPS) is 9.15. The van der Waals surface area contributed by atoms with Crippen LogP contribution >= 0.6 is 23.2 Å². The molecule has 0 radical (unpaired) electrons. The summed E-state index contributed by atoms with van der Waals surface area (Å²) >= 11 is 11.1. The van der Waals surface area contributed by atoms with Gasteiger partial charge in [0.2, 0.25) is 5.95 Å². The van der Waals surface area contributed by atoms with Crippen LogP contribution in [0.15, 0.2) is 12.3 Å². The van der Waals surface area contributed by atoms with Crippen LogP contribution in [-0.2, 0) is 0 Å². The first-order valence-corrected chi connectivity index (χ1v) is 4.51. The fourth-order valence-electron chi connectivity index (χ4n) is 0.714. The molecule has 1 rings (SSSR count). The first-order valence-electron chi connectivity index (χ1n) is 3.60. The highest BCUT2D eigenvalue weighted by atomic mass is 35.5. The van der Waals surface area contributed by atoms with Crippen LogP contribution in [0.1, 0.15) is 12.0 Å². The van der Waals surface area contributed by atoms with Crippen LogP contribution in [0.2, 0.25) is 5.02 Å². The van der Waals surface area contributed by atoms with Crippen LogP contribution in [0.4, 0.5) is 4.39 Å². The van der Waals surface area contributed by atoms with Crippen molar-refractivity contribution in [3.63, 3.8) is 0 Å². The lowest BCUT2D eigenvalue weighted by atomic mass is 10.2. The fourth-order valence-corrected chi connectivity index (χ4v) is 0.959. The van der Waals surface area contributed by atoms with Crippen molar-refractivity contribution in [2.75, 3.05) is 5.88 Å². The molecule has 4 heteroatoms. The van der Waals surface area contributed by atoms with Crippen molar-refractivity contribution in [2.45, 2.75) is 6.42 Å². The lowest BCUT2D eigenvalue weighted by molar-refractivity contribution is 0.583. The highest BCUT2D eigenvalue weighted by molar-refractivity contribution is 6.31. The molecular weight excluding hydrogens is 212 g/mol. The third kappa shape index (κ3) is 3.22. The third-order valence-electron chi connectivity index (χ3n) is 1.26. The molecular formula is C9H6Cl2FN. The van der Waals surface area contributed by atoms with E-state index in [1.807, 2.05) is 0 Å². The molecule has 0 aliphatic rings. The maximum Gasteiger partial charge on any atom is 0.214 e. The van der Waals surface area contributed by atoms with Gasteiger partial charge in [-0.1, -0.05) is 23.4 Å². The number of rotatable bonds is 1. The number of alkyl halides is 1. The predicted molar refractivity (Wildman–Crippen MR) is 51.4 cm³/mol. The number of pyridine rings is 1. The molecule has 1 aromatic heterocycles. The van der Waals surface area contributed by atoms with Gasteiger partial charge in [0, 0.05) is 30.1 Å². The second kappa shape index (κ2) is 5.06. The van der Waals surface area contributed by atoms with Gasteiger partial charge < -0.3 is 0 Å². The van der Waals surface area contributed by atoms with Crippen molar-refractivity contribution in [3.05, 3.63) is 28.8 Å². The van der Waals surface area contributed by atoms with E-state index in [2.05, 4.69) is 16.8 Å². The van der Waals surface area contributed by atoms with Crippen LogP contribution < -0.4 is 0 Å². The summed E-state index contributed by atoms with van der Waals surface area (Å²) in [6.45, 7) is 0. The van der Waals surface area contributed by atoms with Crippen molar-refractivity contribution in [2.24, 2.45) is 0 Å². The summed E-state index contributed by atoms with van der Waals surface area (Å²) in [5, 5.41) is 0.350. The quantitative estimate of drug-likeness (QED) is 0.401. The minimum atomic E-state index is -0.584. The number of hydrogen-bond donors (Lipinski definition) is 0. The van der Waals surface area contributed by atoms with E-state index in [1.165, 1.54) is 12.3 Å². The van der Waals surface area contributed by atoms with Gasteiger partial charge in [-0.25, -0.2) is 4.98 Å². The SMILES string of the molecule is Fc1cc(C#CCCCl)c(Cl)cn1. The fraction of sp³-hybridized carbons (Fsp3) is 0.222. The first kappa shape index (κ1) is 10.3. The molecule has 0 atom stereocenters. The molecule has 0 N–H and O–H groups in total. The number of aromatic nitrogens is 1. The summed E-state index contributed by atoms with van der Waals surface area (Å²) in [5.41, 5.74) is 0.444. The minimum absolute atomic E-state index is 0.350. The molecule has 13 heavy (non-hydrogen) atoms. The smallest absolute Gasteiger partial charge is 0.214 e. The van der Waals surface area contributed by atoms with E-state index in [0.717, 1.165) is 0 Å². The summed E-state index contributed by atoms with van der Waals surface area (Å²) in [6, 6.07) is 1.20. The van der Waals surface area contributed by atoms with Crippen molar-refractivity contribution < 1.29 is 4.39 Å². The third-order valence-corrected chi connectivity index (χ3v) is 1.75. The molecule has 68 valence electrons. The van der Waals surface area contributed by atoms with Crippen molar-refractivity contribution in [1.29, 1.82) is 0 Å². The lowest BCUT2D eigenvalue weighted by Gasteiger charge is -1.93. The number of halogens is 3. The van der Waals surface area contributed by atoms with E-state index in [4.69, 9.17) is 23.2 Å². The zero-order valence-electron chi connectivity index (χ0n) is 6.65. The van der Waals surface area contributed by atoms with Gasteiger partial charge in [-0.3, -0.25) is 0 Å². The Hall–Kier alpha value is -0.780. The topological polar surface area (TPSA) is 12.9 Å². The van der Waals surface area contributed by atoms with E-state index >= 15 is 0 Å². The van der Waals surface area contributed by atoms with Gasteiger partial charge in [0.15, 0.2) is 0 Å². The van der Waals surface area contributed by atoms with E-state index in [0.29, 0.717) is 22.9 Å². The Labute approximate surface area is 85.9 Å². The van der Waals surface area contributed by atoms with E-state index in [1.54, 1.807) is 0 Å². The number of nitrogens with zero attached hydrogens (tertiary/aromatic N) is 1. The van der Waals surface area contributed by atoms with E-state index < -0.39 is 5.95 Å². The van der Waals surface area contributed by atoms with Crippen LogP contribution in [0.3, 0.4) is 0 Å². The largest absolute Gasteiger partial charge is 0.227 e. The number of hydrogen-bond acceptors (Lipinski definition) is 1. The highest BCUT2D eigenvalue weighted by Gasteiger charge is 1.98. The summed E-state index contributed by atoms with van der Waals surface area (Å²) in [6.07, 6.45) is 1.80. The van der Waals surface area contributed by atoms with Crippen molar-refractivity contribution in [3.8, 4) is 11.8 Å². The summed E-state index contributed by atoms with van der Waals surface area (Å²) in [7, 11) is 0. The Morgan fingerprint density at radius 2 is 2.31 bits per heavy atom. The average molecular weight is 218 g/mol. The van der Waals surface area contributed by atoms with Crippen LogP contribution in [0.5, 0.6) is 0 Å². The molecule has 0 aromatic carbocycles. The molecule has 0 spiro atoms. The van der Waals surface area contributed by atoms with E-state index in [-0.39, 0.29) is 0 Å². The van der Waals surface area contributed by atoms with Gasteiger partial charge in [-0.05, 0) is 0 Å². The second-order valence-electron chi connectivity index (χ2n) is 2.23. The van der Waals surface area contributed by atoms with Gasteiger partial charge in [0.05, 0.1) is 5.02 Å². The lowest BCUT2D eigenvalue weighted by Crippen LogP contribution is -1.85. The Bertz CT molecular complexity index is 354. The zero-order chi connectivity index (χ0) is 9.68. The first-order chi connectivity index (χ1) is 6.24. The second-order valence-corrected chi connectivity index (χ2v) is 3.01. The van der Waals surface area contributed by atoms with Crippen LogP contribution in [0, 0.1) is 17.8 Å². The maximum absolute atomic E-state index is 12.6. The Morgan fingerprint density at radius 1 is 1.54 bits per heavy atom. The van der Waals surface area contributed by atoms with Crippen molar-refractivity contribution in [1.82, 2.24) is 4.98 Å². The van der Waals surface area contributed by atoms with Crippen LogP contribution in [0.25, 0.3) is 0 Å². The average Bonchev–Trinajstić information content (AvgIpc) is 2.11. The molecule has 0 amide bonds. The maximum atomic E-state index is 12.6. The van der Waals surface area contributed by atoms with Gasteiger partial charge in [-0.2, -0.15) is 4.39 Å². The highest BCUT2D eigenvalue weighted by Crippen LogP contribution is 2.13.